The quantitative estimate of drug-likeness (QED) is 0.594. The van der Waals surface area contributed by atoms with Gasteiger partial charge in [0, 0.05) is 23.5 Å². The summed E-state index contributed by atoms with van der Waals surface area (Å²) in [7, 11) is 1.36. The van der Waals surface area contributed by atoms with Crippen LogP contribution in [-0.4, -0.2) is 28.0 Å². The van der Waals surface area contributed by atoms with Gasteiger partial charge in [0.15, 0.2) is 22.8 Å². The molecule has 8 heteroatoms. The van der Waals surface area contributed by atoms with E-state index in [-0.39, 0.29) is 17.1 Å². The standard InChI is InChI=1S/C19H13FN4O3/c1-26-14-5-4-11(9-13(14)20)18(25)23-16-10-12(6-8-21-16)19-24-17-15(27-19)3-2-7-22-17/h2-10H,1H3,(H,21,23,25). The third kappa shape index (κ3) is 3.32. The highest BCUT2D eigenvalue weighted by molar-refractivity contribution is 6.04. The highest BCUT2D eigenvalue weighted by Gasteiger charge is 2.13. The maximum absolute atomic E-state index is 13.8. The molecule has 0 unspecified atom stereocenters. The van der Waals surface area contributed by atoms with E-state index in [4.69, 9.17) is 9.15 Å². The first-order valence-corrected chi connectivity index (χ1v) is 7.97. The van der Waals surface area contributed by atoms with Gasteiger partial charge in [-0.15, -0.1) is 0 Å². The molecule has 0 spiro atoms. The third-order valence-electron chi connectivity index (χ3n) is 3.83. The Balaban J connectivity index is 1.59. The van der Waals surface area contributed by atoms with Crippen molar-refractivity contribution in [1.29, 1.82) is 0 Å². The number of methoxy groups -OCH3 is 1. The van der Waals surface area contributed by atoms with Gasteiger partial charge in [0.25, 0.3) is 5.91 Å². The summed E-state index contributed by atoms with van der Waals surface area (Å²) >= 11 is 0. The lowest BCUT2D eigenvalue weighted by molar-refractivity contribution is 0.102. The SMILES string of the molecule is COc1ccc(C(=O)Nc2cc(-c3nc4ncccc4o3)ccn2)cc1F. The van der Waals surface area contributed by atoms with Gasteiger partial charge in [-0.1, -0.05) is 0 Å². The predicted octanol–water partition coefficient (Wildman–Crippen LogP) is 3.68. The number of fused-ring (bicyclic) bond motifs is 1. The van der Waals surface area contributed by atoms with E-state index in [0.29, 0.717) is 22.7 Å². The number of carbonyl (C=O) groups excluding carboxylic acids is 1. The summed E-state index contributed by atoms with van der Waals surface area (Å²) in [4.78, 5) is 24.9. The van der Waals surface area contributed by atoms with E-state index in [9.17, 15) is 9.18 Å². The number of oxazole rings is 1. The Morgan fingerprint density at radius 1 is 1.15 bits per heavy atom. The number of rotatable bonds is 4. The molecule has 0 aliphatic rings. The van der Waals surface area contributed by atoms with Crippen LogP contribution in [0.1, 0.15) is 10.4 Å². The summed E-state index contributed by atoms with van der Waals surface area (Å²) in [6.07, 6.45) is 3.14. The number of hydrogen-bond acceptors (Lipinski definition) is 6. The average molecular weight is 364 g/mol. The van der Waals surface area contributed by atoms with Gasteiger partial charge in [-0.25, -0.2) is 14.4 Å². The fourth-order valence-corrected chi connectivity index (χ4v) is 2.52. The number of benzene rings is 1. The summed E-state index contributed by atoms with van der Waals surface area (Å²) in [6.45, 7) is 0. The number of ether oxygens (including phenoxy) is 1. The zero-order chi connectivity index (χ0) is 18.8. The first-order valence-electron chi connectivity index (χ1n) is 7.97. The van der Waals surface area contributed by atoms with Gasteiger partial charge in [0.05, 0.1) is 7.11 Å². The lowest BCUT2D eigenvalue weighted by Crippen LogP contribution is -2.13. The van der Waals surface area contributed by atoms with Crippen LogP contribution < -0.4 is 10.1 Å². The zero-order valence-electron chi connectivity index (χ0n) is 14.1. The second-order valence-corrected chi connectivity index (χ2v) is 5.58. The molecule has 0 bridgehead atoms. The second kappa shape index (κ2) is 6.83. The zero-order valence-corrected chi connectivity index (χ0v) is 14.1. The number of aromatic nitrogens is 3. The molecule has 0 radical (unpaired) electrons. The highest BCUT2D eigenvalue weighted by atomic mass is 19.1. The molecule has 3 aromatic heterocycles. The van der Waals surface area contributed by atoms with Gasteiger partial charge >= 0.3 is 0 Å². The number of pyridine rings is 2. The van der Waals surface area contributed by atoms with Crippen molar-refractivity contribution < 1.29 is 18.3 Å². The first-order chi connectivity index (χ1) is 13.1. The third-order valence-corrected chi connectivity index (χ3v) is 3.83. The minimum Gasteiger partial charge on any atom is -0.494 e. The minimum absolute atomic E-state index is 0.0660. The van der Waals surface area contributed by atoms with Crippen LogP contribution in [0.4, 0.5) is 10.2 Å². The van der Waals surface area contributed by atoms with E-state index >= 15 is 0 Å². The van der Waals surface area contributed by atoms with E-state index < -0.39 is 11.7 Å². The fraction of sp³-hybridized carbons (Fsp3) is 0.0526. The molecule has 0 saturated heterocycles. The van der Waals surface area contributed by atoms with Gasteiger partial charge in [-0.3, -0.25) is 4.79 Å². The lowest BCUT2D eigenvalue weighted by atomic mass is 10.2. The number of hydrogen-bond donors (Lipinski definition) is 1. The van der Waals surface area contributed by atoms with E-state index in [1.807, 2.05) is 0 Å². The van der Waals surface area contributed by atoms with Crippen LogP contribution >= 0.6 is 0 Å². The summed E-state index contributed by atoms with van der Waals surface area (Å²) in [6, 6.07) is 10.8. The molecule has 4 rings (SSSR count). The minimum atomic E-state index is -0.620. The van der Waals surface area contributed by atoms with Crippen molar-refractivity contribution in [3.8, 4) is 17.2 Å². The molecule has 0 aliphatic heterocycles. The Kier molecular flexibility index (Phi) is 4.21. The number of anilines is 1. The Bertz CT molecular complexity index is 1110. The molecule has 1 amide bonds. The molecule has 0 aliphatic carbocycles. The maximum Gasteiger partial charge on any atom is 0.256 e. The molecular weight excluding hydrogens is 351 g/mol. The maximum atomic E-state index is 13.8. The first kappa shape index (κ1) is 16.6. The van der Waals surface area contributed by atoms with Crippen molar-refractivity contribution in [3.63, 3.8) is 0 Å². The molecule has 4 aromatic rings. The fourth-order valence-electron chi connectivity index (χ4n) is 2.52. The lowest BCUT2D eigenvalue weighted by Gasteiger charge is -2.07. The Hall–Kier alpha value is -3.81. The molecule has 0 atom stereocenters. The normalized spacial score (nSPS) is 10.7. The van der Waals surface area contributed by atoms with E-state index in [1.165, 1.54) is 25.4 Å². The van der Waals surface area contributed by atoms with Crippen LogP contribution in [-0.2, 0) is 0 Å². The summed E-state index contributed by atoms with van der Waals surface area (Å²) < 4.78 is 24.3. The van der Waals surface area contributed by atoms with Crippen LogP contribution in [0.15, 0.2) is 59.3 Å². The number of halogens is 1. The molecule has 1 aromatic carbocycles. The van der Waals surface area contributed by atoms with Crippen molar-refractivity contribution in [1.82, 2.24) is 15.0 Å². The molecular formula is C19H13FN4O3. The van der Waals surface area contributed by atoms with Crippen LogP contribution in [0.5, 0.6) is 5.75 Å². The molecule has 1 N–H and O–H groups in total. The predicted molar refractivity (Wildman–Crippen MR) is 95.9 cm³/mol. The Labute approximate surface area is 152 Å². The molecule has 27 heavy (non-hydrogen) atoms. The van der Waals surface area contributed by atoms with Crippen molar-refractivity contribution in [2.75, 3.05) is 12.4 Å². The Morgan fingerprint density at radius 3 is 2.81 bits per heavy atom. The monoisotopic (exact) mass is 364 g/mol. The summed E-state index contributed by atoms with van der Waals surface area (Å²) in [5, 5.41) is 2.62. The largest absolute Gasteiger partial charge is 0.494 e. The van der Waals surface area contributed by atoms with E-state index in [0.717, 1.165) is 6.07 Å². The van der Waals surface area contributed by atoms with Crippen molar-refractivity contribution >= 4 is 23.0 Å². The average Bonchev–Trinajstić information content (AvgIpc) is 3.12. The smallest absolute Gasteiger partial charge is 0.256 e. The molecule has 7 nitrogen and oxygen atoms in total. The topological polar surface area (TPSA) is 90.1 Å². The summed E-state index contributed by atoms with van der Waals surface area (Å²) in [5.74, 6) is -0.413. The van der Waals surface area contributed by atoms with Gasteiger partial charge in [0.1, 0.15) is 5.82 Å². The van der Waals surface area contributed by atoms with Crippen molar-refractivity contribution in [3.05, 3.63) is 66.2 Å². The molecule has 0 saturated carbocycles. The summed E-state index contributed by atoms with van der Waals surface area (Å²) in [5.41, 5.74) is 1.82. The highest BCUT2D eigenvalue weighted by Crippen LogP contribution is 2.24. The van der Waals surface area contributed by atoms with Gasteiger partial charge in [-0.2, -0.15) is 4.98 Å². The van der Waals surface area contributed by atoms with Gasteiger partial charge in [0.2, 0.25) is 5.89 Å². The van der Waals surface area contributed by atoms with Crippen LogP contribution in [0, 0.1) is 5.82 Å². The second-order valence-electron chi connectivity index (χ2n) is 5.58. The van der Waals surface area contributed by atoms with Crippen molar-refractivity contribution in [2.24, 2.45) is 0 Å². The van der Waals surface area contributed by atoms with Crippen LogP contribution in [0.2, 0.25) is 0 Å². The van der Waals surface area contributed by atoms with Crippen molar-refractivity contribution in [2.45, 2.75) is 0 Å². The number of amides is 1. The molecule has 134 valence electrons. The number of nitrogens with zero attached hydrogens (tertiary/aromatic N) is 3. The number of nitrogens with one attached hydrogen (secondary N) is 1. The van der Waals surface area contributed by atoms with E-state index in [1.54, 1.807) is 30.5 Å². The van der Waals surface area contributed by atoms with Crippen LogP contribution in [0.3, 0.4) is 0 Å². The van der Waals surface area contributed by atoms with E-state index in [2.05, 4.69) is 20.3 Å². The molecule has 3 heterocycles. The molecule has 0 fully saturated rings. The van der Waals surface area contributed by atoms with Gasteiger partial charge < -0.3 is 14.5 Å². The van der Waals surface area contributed by atoms with Gasteiger partial charge in [-0.05, 0) is 42.5 Å². The Morgan fingerprint density at radius 2 is 2.04 bits per heavy atom. The van der Waals surface area contributed by atoms with Crippen LogP contribution in [0.25, 0.3) is 22.7 Å². The number of carbonyl (C=O) groups is 1.